The van der Waals surface area contributed by atoms with E-state index in [0.29, 0.717) is 12.8 Å². The molecule has 0 heterocycles. The summed E-state index contributed by atoms with van der Waals surface area (Å²) in [7, 11) is 0. The van der Waals surface area contributed by atoms with E-state index in [2.05, 4.69) is 13.8 Å². The first kappa shape index (κ1) is 34.7. The Bertz CT molecular complexity index is 399. The van der Waals surface area contributed by atoms with E-state index in [1.807, 2.05) is 0 Å². The molecule has 0 aromatic heterocycles. The average molecular weight is 576 g/mol. The Hall–Kier alpha value is 0.511. The molecular formula is C27H50BaO4. The van der Waals surface area contributed by atoms with Crippen molar-refractivity contribution < 1.29 is 19.8 Å². The second kappa shape index (κ2) is 24.6. The molecule has 0 aliphatic carbocycles. The number of aliphatic carboxylic acids is 2. The van der Waals surface area contributed by atoms with Crippen LogP contribution in [0, 0.1) is 5.41 Å². The molecule has 0 bridgehead atoms. The standard InChI is InChI=1S/C27H52O4.Ba/c1-3-5-7-9-11-13-15-17-19-21-23-27(25(28)29,26(30)31)24-22-20-18-16-14-12-10-8-6-4-2;/h3-24H2,1-2H3,(H,28,29)(H,30,31);/q;+2/p-2. The molecule has 0 aromatic rings. The molecule has 32 heavy (non-hydrogen) atoms. The van der Waals surface area contributed by atoms with E-state index >= 15 is 0 Å². The minimum Gasteiger partial charge on any atom is -0.549 e. The number of carbonyl (C=O) groups excluding carboxylic acids is 2. The summed E-state index contributed by atoms with van der Waals surface area (Å²) in [5.41, 5.74) is -1.81. The van der Waals surface area contributed by atoms with Gasteiger partial charge in [-0.05, 0) is 12.8 Å². The van der Waals surface area contributed by atoms with Gasteiger partial charge in [-0.2, -0.15) is 0 Å². The molecule has 0 aliphatic heterocycles. The van der Waals surface area contributed by atoms with E-state index in [1.165, 1.54) is 77.0 Å². The van der Waals surface area contributed by atoms with Crippen molar-refractivity contribution in [2.24, 2.45) is 5.41 Å². The first-order valence-corrected chi connectivity index (χ1v) is 13.4. The molecule has 0 fully saturated rings. The zero-order chi connectivity index (χ0) is 23.2. The van der Waals surface area contributed by atoms with Gasteiger partial charge in [0.15, 0.2) is 0 Å². The Morgan fingerprint density at radius 2 is 0.688 bits per heavy atom. The number of carbonyl (C=O) groups is 2. The molecule has 0 saturated heterocycles. The number of rotatable bonds is 24. The number of carboxylic acid groups (broad SMARTS) is 2. The Kier molecular flexibility index (Phi) is 26.7. The van der Waals surface area contributed by atoms with Gasteiger partial charge in [0.2, 0.25) is 0 Å². The van der Waals surface area contributed by atoms with Crippen molar-refractivity contribution in [3.63, 3.8) is 0 Å². The zero-order valence-electron chi connectivity index (χ0n) is 21.4. The van der Waals surface area contributed by atoms with E-state index in [9.17, 15) is 19.8 Å². The molecule has 184 valence electrons. The predicted molar refractivity (Wildman–Crippen MR) is 131 cm³/mol. The van der Waals surface area contributed by atoms with Crippen molar-refractivity contribution in [3.8, 4) is 0 Å². The van der Waals surface area contributed by atoms with Gasteiger partial charge >= 0.3 is 48.9 Å². The maximum atomic E-state index is 11.7. The van der Waals surface area contributed by atoms with Crippen LogP contribution in [0.3, 0.4) is 0 Å². The molecule has 0 rings (SSSR count). The first-order valence-electron chi connectivity index (χ1n) is 13.4. The largest absolute Gasteiger partial charge is 2.00 e. The van der Waals surface area contributed by atoms with Gasteiger partial charge in [0.1, 0.15) is 0 Å². The third-order valence-electron chi connectivity index (χ3n) is 6.70. The van der Waals surface area contributed by atoms with Crippen LogP contribution in [-0.4, -0.2) is 60.8 Å². The SMILES string of the molecule is CCCCCCCCCCCCC(CCCCCCCCCCCC)(C(=O)[O-])C(=O)[O-].[Ba+2]. The van der Waals surface area contributed by atoms with Gasteiger partial charge in [-0.3, -0.25) is 0 Å². The summed E-state index contributed by atoms with van der Waals surface area (Å²) in [6, 6.07) is 0. The molecular weight excluding hydrogens is 526 g/mol. The van der Waals surface area contributed by atoms with Crippen molar-refractivity contribution in [3.05, 3.63) is 0 Å². The molecule has 0 unspecified atom stereocenters. The van der Waals surface area contributed by atoms with Gasteiger partial charge in [-0.15, -0.1) is 0 Å². The molecule has 0 aromatic carbocycles. The minimum absolute atomic E-state index is 0. The summed E-state index contributed by atoms with van der Waals surface area (Å²) < 4.78 is 0. The van der Waals surface area contributed by atoms with Crippen LogP contribution < -0.4 is 10.2 Å². The second-order valence-corrected chi connectivity index (χ2v) is 9.52. The smallest absolute Gasteiger partial charge is 0.549 e. The van der Waals surface area contributed by atoms with Crippen molar-refractivity contribution >= 4 is 60.8 Å². The van der Waals surface area contributed by atoms with Gasteiger partial charge < -0.3 is 19.8 Å². The molecule has 0 aliphatic rings. The van der Waals surface area contributed by atoms with Gasteiger partial charge in [-0.1, -0.05) is 142 Å². The van der Waals surface area contributed by atoms with E-state index in [4.69, 9.17) is 0 Å². The zero-order valence-corrected chi connectivity index (χ0v) is 25.8. The normalized spacial score (nSPS) is 11.3. The van der Waals surface area contributed by atoms with Crippen LogP contribution in [0.1, 0.15) is 155 Å². The maximum Gasteiger partial charge on any atom is 2.00 e. The van der Waals surface area contributed by atoms with Crippen molar-refractivity contribution in [2.75, 3.05) is 0 Å². The molecule has 0 spiro atoms. The van der Waals surface area contributed by atoms with Crippen LogP contribution >= 0.6 is 0 Å². The number of unbranched alkanes of at least 4 members (excludes halogenated alkanes) is 18. The number of carboxylic acids is 2. The number of hydrogen-bond donors (Lipinski definition) is 0. The maximum absolute atomic E-state index is 11.7. The molecule has 5 heteroatoms. The Balaban J connectivity index is 0. The van der Waals surface area contributed by atoms with Gasteiger partial charge in [0.05, 0.1) is 11.9 Å². The molecule has 0 amide bonds. The van der Waals surface area contributed by atoms with Gasteiger partial charge in [0.25, 0.3) is 0 Å². The first-order chi connectivity index (χ1) is 15.0. The van der Waals surface area contributed by atoms with Gasteiger partial charge in [0, 0.05) is 5.41 Å². The fourth-order valence-corrected chi connectivity index (χ4v) is 4.45. The molecule has 0 radical (unpaired) electrons. The molecule has 4 nitrogen and oxygen atoms in total. The second-order valence-electron chi connectivity index (χ2n) is 9.52. The van der Waals surface area contributed by atoms with Crippen LogP contribution in [0.2, 0.25) is 0 Å². The third-order valence-corrected chi connectivity index (χ3v) is 6.70. The Morgan fingerprint density at radius 1 is 0.469 bits per heavy atom. The summed E-state index contributed by atoms with van der Waals surface area (Å²) in [5, 5.41) is 23.4. The molecule has 0 atom stereocenters. The summed E-state index contributed by atoms with van der Waals surface area (Å²) >= 11 is 0. The van der Waals surface area contributed by atoms with Crippen molar-refractivity contribution in [1.82, 2.24) is 0 Å². The summed E-state index contributed by atoms with van der Waals surface area (Å²) in [4.78, 5) is 23.4. The van der Waals surface area contributed by atoms with Crippen LogP contribution in [0.15, 0.2) is 0 Å². The molecule has 0 N–H and O–H groups in total. The monoisotopic (exact) mass is 576 g/mol. The van der Waals surface area contributed by atoms with Crippen LogP contribution in [-0.2, 0) is 9.59 Å². The Morgan fingerprint density at radius 3 is 0.906 bits per heavy atom. The summed E-state index contributed by atoms with van der Waals surface area (Å²) in [6.07, 6.45) is 23.0. The summed E-state index contributed by atoms with van der Waals surface area (Å²) in [5.74, 6) is -2.92. The van der Waals surface area contributed by atoms with E-state index in [-0.39, 0.29) is 61.7 Å². The van der Waals surface area contributed by atoms with Crippen LogP contribution in [0.25, 0.3) is 0 Å². The van der Waals surface area contributed by atoms with Gasteiger partial charge in [-0.25, -0.2) is 0 Å². The summed E-state index contributed by atoms with van der Waals surface area (Å²) in [6.45, 7) is 4.44. The quantitative estimate of drug-likeness (QED) is 0.0838. The fourth-order valence-electron chi connectivity index (χ4n) is 4.45. The van der Waals surface area contributed by atoms with Crippen molar-refractivity contribution in [2.45, 2.75) is 155 Å². The predicted octanol–water partition coefficient (Wildman–Crippen LogP) is 5.71. The van der Waals surface area contributed by atoms with Crippen LogP contribution in [0.4, 0.5) is 0 Å². The minimum atomic E-state index is -1.81. The fraction of sp³-hybridized carbons (Fsp3) is 0.926. The van der Waals surface area contributed by atoms with E-state index < -0.39 is 17.4 Å². The van der Waals surface area contributed by atoms with E-state index in [1.54, 1.807) is 0 Å². The Labute approximate surface area is 239 Å². The van der Waals surface area contributed by atoms with E-state index in [0.717, 1.165) is 38.5 Å². The number of hydrogen-bond acceptors (Lipinski definition) is 4. The van der Waals surface area contributed by atoms with Crippen molar-refractivity contribution in [1.29, 1.82) is 0 Å². The average Bonchev–Trinajstić information content (AvgIpc) is 2.74. The van der Waals surface area contributed by atoms with Crippen LogP contribution in [0.5, 0.6) is 0 Å². The molecule has 0 saturated carbocycles. The topological polar surface area (TPSA) is 80.3 Å². The third kappa shape index (κ3) is 17.9.